The second-order valence-electron chi connectivity index (χ2n) is 4.41. The monoisotopic (exact) mass is 334 g/mol. The van der Waals surface area contributed by atoms with E-state index in [0.29, 0.717) is 13.1 Å². The average molecular weight is 335 g/mol. The number of benzene rings is 1. The number of hydrogen-bond acceptors (Lipinski definition) is 4. The Balaban J connectivity index is 0.00000400. The zero-order valence-electron chi connectivity index (χ0n) is 12.4. The molecule has 0 aromatic heterocycles. The highest BCUT2D eigenvalue weighted by molar-refractivity contribution is 7.91. The van der Waals surface area contributed by atoms with Crippen molar-refractivity contribution < 1.29 is 13.2 Å². The van der Waals surface area contributed by atoms with E-state index >= 15 is 0 Å². The molecule has 0 radical (unpaired) electrons. The molecule has 0 aliphatic carbocycles. The van der Waals surface area contributed by atoms with E-state index in [0.717, 1.165) is 13.0 Å². The minimum absolute atomic E-state index is 0. The first-order chi connectivity index (χ1) is 9.53. The third-order valence-electron chi connectivity index (χ3n) is 2.86. The van der Waals surface area contributed by atoms with Crippen LogP contribution in [0.2, 0.25) is 0 Å². The molecule has 0 aliphatic rings. The lowest BCUT2D eigenvalue weighted by Gasteiger charge is -2.10. The van der Waals surface area contributed by atoms with Gasteiger partial charge in [-0.1, -0.05) is 26.0 Å². The highest BCUT2D eigenvalue weighted by Gasteiger charge is 2.19. The molecule has 1 rings (SSSR count). The third-order valence-corrected chi connectivity index (χ3v) is 4.65. The summed E-state index contributed by atoms with van der Waals surface area (Å²) in [5, 5.41) is 5.89. The van der Waals surface area contributed by atoms with E-state index < -0.39 is 9.84 Å². The number of rotatable bonds is 8. The van der Waals surface area contributed by atoms with E-state index in [1.165, 1.54) is 12.1 Å². The van der Waals surface area contributed by atoms with Crippen LogP contribution in [0.15, 0.2) is 29.2 Å². The summed E-state index contributed by atoms with van der Waals surface area (Å²) in [4.78, 5) is 12.2. The summed E-state index contributed by atoms with van der Waals surface area (Å²) in [7, 11) is -3.39. The largest absolute Gasteiger partial charge is 0.351 e. The van der Waals surface area contributed by atoms with Gasteiger partial charge >= 0.3 is 0 Å². The van der Waals surface area contributed by atoms with Gasteiger partial charge in [0.05, 0.1) is 16.2 Å². The first kappa shape index (κ1) is 19.9. The average Bonchev–Trinajstić information content (AvgIpc) is 2.47. The Morgan fingerprint density at radius 1 is 1.10 bits per heavy atom. The molecule has 120 valence electrons. The molecule has 0 atom stereocenters. The predicted octanol–water partition coefficient (Wildman–Crippen LogP) is 1.63. The van der Waals surface area contributed by atoms with Crippen LogP contribution in [0.25, 0.3) is 0 Å². The van der Waals surface area contributed by atoms with Gasteiger partial charge in [-0.3, -0.25) is 4.79 Å². The normalized spacial score (nSPS) is 10.8. The quantitative estimate of drug-likeness (QED) is 0.709. The molecule has 1 amide bonds. The van der Waals surface area contributed by atoms with E-state index in [2.05, 4.69) is 17.6 Å². The summed E-state index contributed by atoms with van der Waals surface area (Å²) in [6.07, 6.45) is 1.03. The minimum atomic E-state index is -3.39. The molecule has 0 spiro atoms. The van der Waals surface area contributed by atoms with Gasteiger partial charge in [0.25, 0.3) is 5.91 Å². The van der Waals surface area contributed by atoms with Crippen LogP contribution in [0, 0.1) is 0 Å². The molecule has 0 heterocycles. The molecule has 0 aliphatic heterocycles. The number of nitrogens with one attached hydrogen (secondary N) is 2. The lowest BCUT2D eigenvalue weighted by Crippen LogP contribution is -2.32. The first-order valence-corrected chi connectivity index (χ1v) is 8.48. The molecule has 5 nitrogen and oxygen atoms in total. The van der Waals surface area contributed by atoms with E-state index in [9.17, 15) is 13.2 Å². The molecular formula is C14H23ClN2O3S. The Morgan fingerprint density at radius 2 is 1.76 bits per heavy atom. The van der Waals surface area contributed by atoms with Crippen molar-refractivity contribution in [1.29, 1.82) is 0 Å². The molecule has 1 aromatic carbocycles. The molecule has 2 N–H and O–H groups in total. The standard InChI is InChI=1S/C14H22N2O3S.ClH/c1-3-9-15-10-11-16-14(17)12-7-5-6-8-13(12)20(18,19)4-2;/h5-8,15H,3-4,9-11H2,1-2H3,(H,16,17);1H. The van der Waals surface area contributed by atoms with Crippen LogP contribution in [0.4, 0.5) is 0 Å². The molecule has 1 aromatic rings. The number of hydrogen-bond donors (Lipinski definition) is 2. The van der Waals surface area contributed by atoms with E-state index in [1.54, 1.807) is 19.1 Å². The van der Waals surface area contributed by atoms with E-state index in [4.69, 9.17) is 0 Å². The lowest BCUT2D eigenvalue weighted by molar-refractivity contribution is 0.0950. The summed E-state index contributed by atoms with van der Waals surface area (Å²) in [6, 6.07) is 6.31. The number of carbonyl (C=O) groups excluding carboxylic acids is 1. The molecule has 0 unspecified atom stereocenters. The number of sulfone groups is 1. The SMILES string of the molecule is CCCNCCNC(=O)c1ccccc1S(=O)(=O)CC.Cl. The highest BCUT2D eigenvalue weighted by Crippen LogP contribution is 2.16. The number of carbonyl (C=O) groups is 1. The maximum atomic E-state index is 12.1. The van der Waals surface area contributed by atoms with Gasteiger partial charge in [0.15, 0.2) is 9.84 Å². The van der Waals surface area contributed by atoms with E-state index in [-0.39, 0.29) is 34.5 Å². The van der Waals surface area contributed by atoms with Gasteiger partial charge in [-0.05, 0) is 25.1 Å². The number of amides is 1. The summed E-state index contributed by atoms with van der Waals surface area (Å²) in [5.74, 6) is -0.369. The minimum Gasteiger partial charge on any atom is -0.351 e. The summed E-state index contributed by atoms with van der Waals surface area (Å²) < 4.78 is 23.9. The van der Waals surface area contributed by atoms with Crippen molar-refractivity contribution in [2.24, 2.45) is 0 Å². The zero-order chi connectivity index (χ0) is 15.0. The highest BCUT2D eigenvalue weighted by atomic mass is 35.5. The predicted molar refractivity (Wildman–Crippen MR) is 86.9 cm³/mol. The Bertz CT molecular complexity index is 547. The third kappa shape index (κ3) is 6.03. The van der Waals surface area contributed by atoms with Gasteiger partial charge in [0.1, 0.15) is 0 Å². The van der Waals surface area contributed by atoms with E-state index in [1.807, 2.05) is 0 Å². The second kappa shape index (κ2) is 9.76. The van der Waals surface area contributed by atoms with Crippen LogP contribution in [-0.2, 0) is 9.84 Å². The molecule has 0 saturated carbocycles. The first-order valence-electron chi connectivity index (χ1n) is 6.83. The van der Waals surface area contributed by atoms with Crippen LogP contribution in [0.3, 0.4) is 0 Å². The van der Waals surface area contributed by atoms with Crippen molar-refractivity contribution in [2.75, 3.05) is 25.4 Å². The van der Waals surface area contributed by atoms with Crippen molar-refractivity contribution in [2.45, 2.75) is 25.2 Å². The smallest absolute Gasteiger partial charge is 0.252 e. The van der Waals surface area contributed by atoms with Crippen molar-refractivity contribution in [3.05, 3.63) is 29.8 Å². The van der Waals surface area contributed by atoms with Crippen molar-refractivity contribution in [3.63, 3.8) is 0 Å². The summed E-state index contributed by atoms with van der Waals surface area (Å²) in [5.41, 5.74) is 0.213. The maximum absolute atomic E-state index is 12.1. The lowest BCUT2D eigenvalue weighted by atomic mass is 10.2. The van der Waals surface area contributed by atoms with Gasteiger partial charge in [-0.2, -0.15) is 0 Å². The summed E-state index contributed by atoms with van der Waals surface area (Å²) >= 11 is 0. The number of halogens is 1. The Kier molecular flexibility index (Phi) is 9.24. The Morgan fingerprint density at radius 3 is 2.38 bits per heavy atom. The molecule has 0 bridgehead atoms. The van der Waals surface area contributed by atoms with Gasteiger partial charge in [0.2, 0.25) is 0 Å². The topological polar surface area (TPSA) is 75.3 Å². The van der Waals surface area contributed by atoms with Crippen molar-refractivity contribution in [1.82, 2.24) is 10.6 Å². The molecule has 0 fully saturated rings. The van der Waals surface area contributed by atoms with Crippen LogP contribution in [-0.4, -0.2) is 39.7 Å². The molecule has 0 saturated heterocycles. The van der Waals surface area contributed by atoms with Crippen molar-refractivity contribution >= 4 is 28.2 Å². The maximum Gasteiger partial charge on any atom is 0.252 e. The fourth-order valence-corrected chi connectivity index (χ4v) is 2.84. The van der Waals surface area contributed by atoms with Gasteiger partial charge < -0.3 is 10.6 Å². The molecular weight excluding hydrogens is 312 g/mol. The van der Waals surface area contributed by atoms with Gasteiger partial charge in [-0.25, -0.2) is 8.42 Å². The van der Waals surface area contributed by atoms with Crippen LogP contribution in [0.1, 0.15) is 30.6 Å². The van der Waals surface area contributed by atoms with Crippen molar-refractivity contribution in [3.8, 4) is 0 Å². The Hall–Kier alpha value is -1.11. The summed E-state index contributed by atoms with van der Waals surface area (Å²) in [6.45, 7) is 5.68. The molecule has 7 heteroatoms. The van der Waals surface area contributed by atoms with Gasteiger partial charge in [-0.15, -0.1) is 12.4 Å². The second-order valence-corrected chi connectivity index (χ2v) is 6.65. The van der Waals surface area contributed by atoms with Crippen LogP contribution < -0.4 is 10.6 Å². The molecule has 21 heavy (non-hydrogen) atoms. The van der Waals surface area contributed by atoms with Crippen LogP contribution in [0.5, 0.6) is 0 Å². The van der Waals surface area contributed by atoms with Gasteiger partial charge in [0, 0.05) is 13.1 Å². The fourth-order valence-electron chi connectivity index (χ4n) is 1.74. The Labute approximate surface area is 132 Å². The van der Waals surface area contributed by atoms with Crippen LogP contribution >= 0.6 is 12.4 Å². The fraction of sp³-hybridized carbons (Fsp3) is 0.500. The zero-order valence-corrected chi connectivity index (χ0v) is 14.0.